The van der Waals surface area contributed by atoms with Crippen LogP contribution in [0.1, 0.15) is 40.5 Å². The zero-order chi connectivity index (χ0) is 10.1. The lowest BCUT2D eigenvalue weighted by molar-refractivity contribution is 0.116. The van der Waals surface area contributed by atoms with Crippen molar-refractivity contribution in [2.75, 3.05) is 6.54 Å². The highest BCUT2D eigenvalue weighted by atomic mass is 32.1. The Bertz CT molecular complexity index is 219. The molecule has 1 heterocycles. The lowest BCUT2D eigenvalue weighted by Gasteiger charge is -2.39. The third-order valence-electron chi connectivity index (χ3n) is 3.61. The topological polar surface area (TPSA) is 24.4 Å². The Morgan fingerprint density at radius 3 is 2.38 bits per heavy atom. The number of nitrogens with one attached hydrogen (secondary N) is 1. The van der Waals surface area contributed by atoms with E-state index in [1.54, 1.807) is 0 Å². The fourth-order valence-electron chi connectivity index (χ4n) is 1.45. The minimum absolute atomic E-state index is 0.277. The molecule has 0 aliphatic carbocycles. The highest BCUT2D eigenvalue weighted by molar-refractivity contribution is 7.78. The molecule has 0 unspecified atom stereocenters. The lowest BCUT2D eigenvalue weighted by Crippen LogP contribution is -2.34. The zero-order valence-corrected chi connectivity index (χ0v) is 9.91. The first-order valence-corrected chi connectivity index (χ1v) is 5.27. The Morgan fingerprint density at radius 1 is 1.23 bits per heavy atom. The van der Waals surface area contributed by atoms with Gasteiger partial charge in [-0.3, -0.25) is 4.99 Å². The van der Waals surface area contributed by atoms with Gasteiger partial charge in [0.2, 0.25) is 0 Å². The number of nitrogens with zero attached hydrogens (tertiary/aromatic N) is 1. The summed E-state index contributed by atoms with van der Waals surface area (Å²) >= 11 is 4.04. The number of rotatable bonds is 0. The molecule has 0 bridgehead atoms. The lowest BCUT2D eigenvalue weighted by atomic mass is 9.66. The summed E-state index contributed by atoms with van der Waals surface area (Å²) in [7, 11) is 0. The predicted molar refractivity (Wildman–Crippen MR) is 61.2 cm³/mol. The summed E-state index contributed by atoms with van der Waals surface area (Å²) in [6, 6.07) is 0. The highest BCUT2D eigenvalue weighted by Gasteiger charge is 2.38. The standard InChI is InChI=1S/C10H20N2S/c1-9(2)6-5-8(12-13)11-7-10(9,3)4/h13H,5-7H2,1-4H3,(H,11,12). The number of hydrogen-bond donors (Lipinski definition) is 2. The van der Waals surface area contributed by atoms with Gasteiger partial charge in [-0.1, -0.05) is 40.5 Å². The van der Waals surface area contributed by atoms with Crippen molar-refractivity contribution in [2.24, 2.45) is 15.8 Å². The molecule has 0 saturated heterocycles. The third-order valence-corrected chi connectivity index (χ3v) is 3.87. The maximum atomic E-state index is 4.52. The molecule has 0 radical (unpaired) electrons. The number of hydrogen-bond acceptors (Lipinski definition) is 3. The SMILES string of the molecule is CC1(C)CCC(NS)=NCC1(C)C. The molecule has 0 aromatic carbocycles. The van der Waals surface area contributed by atoms with Crippen LogP contribution in [0.25, 0.3) is 0 Å². The summed E-state index contributed by atoms with van der Waals surface area (Å²) in [5, 5.41) is 0. The van der Waals surface area contributed by atoms with Crippen molar-refractivity contribution in [1.82, 2.24) is 4.72 Å². The largest absolute Gasteiger partial charge is 0.321 e. The van der Waals surface area contributed by atoms with E-state index in [-0.39, 0.29) is 5.41 Å². The van der Waals surface area contributed by atoms with Crippen LogP contribution in [0.5, 0.6) is 0 Å². The van der Waals surface area contributed by atoms with Crippen LogP contribution in [-0.2, 0) is 0 Å². The van der Waals surface area contributed by atoms with Crippen molar-refractivity contribution in [3.63, 3.8) is 0 Å². The molecule has 1 rings (SSSR count). The van der Waals surface area contributed by atoms with Gasteiger partial charge in [0.05, 0.1) is 0 Å². The highest BCUT2D eigenvalue weighted by Crippen LogP contribution is 2.43. The summed E-state index contributed by atoms with van der Waals surface area (Å²) in [5.41, 5.74) is 0.627. The van der Waals surface area contributed by atoms with Crippen LogP contribution < -0.4 is 4.72 Å². The van der Waals surface area contributed by atoms with Gasteiger partial charge >= 0.3 is 0 Å². The molecular weight excluding hydrogens is 180 g/mol. The number of thiol groups is 1. The Labute approximate surface area is 86.8 Å². The van der Waals surface area contributed by atoms with Gasteiger partial charge < -0.3 is 4.72 Å². The molecule has 0 amide bonds. The van der Waals surface area contributed by atoms with Gasteiger partial charge in [0.15, 0.2) is 0 Å². The van der Waals surface area contributed by atoms with E-state index in [9.17, 15) is 0 Å². The Kier molecular flexibility index (Phi) is 2.95. The predicted octanol–water partition coefficient (Wildman–Crippen LogP) is 2.67. The first-order valence-electron chi connectivity index (χ1n) is 4.82. The molecule has 13 heavy (non-hydrogen) atoms. The average Bonchev–Trinajstić information content (AvgIpc) is 2.12. The first kappa shape index (κ1) is 10.9. The second-order valence-corrected chi connectivity index (χ2v) is 5.37. The van der Waals surface area contributed by atoms with Gasteiger partial charge in [0.25, 0.3) is 0 Å². The van der Waals surface area contributed by atoms with Gasteiger partial charge in [-0.05, 0) is 17.3 Å². The van der Waals surface area contributed by atoms with Crippen LogP contribution in [0.15, 0.2) is 4.99 Å². The van der Waals surface area contributed by atoms with E-state index >= 15 is 0 Å². The van der Waals surface area contributed by atoms with Gasteiger partial charge in [-0.25, -0.2) is 0 Å². The minimum Gasteiger partial charge on any atom is -0.321 e. The van der Waals surface area contributed by atoms with Gasteiger partial charge in [-0.2, -0.15) is 0 Å². The van der Waals surface area contributed by atoms with Crippen LogP contribution in [0.3, 0.4) is 0 Å². The van der Waals surface area contributed by atoms with Crippen LogP contribution >= 0.6 is 12.8 Å². The number of amidine groups is 1. The Morgan fingerprint density at radius 2 is 1.85 bits per heavy atom. The van der Waals surface area contributed by atoms with E-state index in [4.69, 9.17) is 0 Å². The van der Waals surface area contributed by atoms with Crippen LogP contribution in [-0.4, -0.2) is 12.4 Å². The van der Waals surface area contributed by atoms with Gasteiger partial charge in [0, 0.05) is 13.0 Å². The van der Waals surface area contributed by atoms with Crippen molar-refractivity contribution in [3.05, 3.63) is 0 Å². The summed E-state index contributed by atoms with van der Waals surface area (Å²) in [6.07, 6.45) is 2.19. The van der Waals surface area contributed by atoms with Crippen molar-refractivity contribution in [3.8, 4) is 0 Å². The fourth-order valence-corrected chi connectivity index (χ4v) is 1.63. The van der Waals surface area contributed by atoms with Crippen LogP contribution in [0.2, 0.25) is 0 Å². The van der Waals surface area contributed by atoms with E-state index in [0.717, 1.165) is 18.8 Å². The molecule has 0 aromatic rings. The molecule has 2 nitrogen and oxygen atoms in total. The maximum Gasteiger partial charge on any atom is 0.106 e. The molecule has 0 saturated carbocycles. The van der Waals surface area contributed by atoms with Gasteiger partial charge in [-0.15, -0.1) is 0 Å². The van der Waals surface area contributed by atoms with Gasteiger partial charge in [0.1, 0.15) is 5.84 Å². The molecule has 1 aliphatic rings. The quantitative estimate of drug-likeness (QED) is 0.577. The normalized spacial score (nSPS) is 26.1. The minimum atomic E-state index is 0.277. The molecule has 0 spiro atoms. The second-order valence-electron chi connectivity index (χ2n) is 5.14. The monoisotopic (exact) mass is 200 g/mol. The summed E-state index contributed by atoms with van der Waals surface area (Å²) in [4.78, 5) is 4.52. The maximum absolute atomic E-state index is 4.52. The molecule has 76 valence electrons. The van der Waals surface area contributed by atoms with E-state index in [1.807, 2.05) is 0 Å². The number of aliphatic imine (C=N–C) groups is 1. The Balaban J connectivity index is 2.82. The van der Waals surface area contributed by atoms with Crippen LogP contribution in [0, 0.1) is 10.8 Å². The van der Waals surface area contributed by atoms with Crippen molar-refractivity contribution in [2.45, 2.75) is 40.5 Å². The third kappa shape index (κ3) is 2.19. The van der Waals surface area contributed by atoms with E-state index in [0.29, 0.717) is 5.41 Å². The van der Waals surface area contributed by atoms with Crippen molar-refractivity contribution in [1.29, 1.82) is 0 Å². The molecule has 0 aromatic heterocycles. The smallest absolute Gasteiger partial charge is 0.106 e. The second kappa shape index (κ2) is 3.52. The Hall–Kier alpha value is -0.180. The molecule has 3 heteroatoms. The van der Waals surface area contributed by atoms with E-state index in [2.05, 4.69) is 50.2 Å². The molecule has 0 fully saturated rings. The molecule has 1 N–H and O–H groups in total. The van der Waals surface area contributed by atoms with E-state index in [1.165, 1.54) is 6.42 Å². The zero-order valence-electron chi connectivity index (χ0n) is 9.02. The summed E-state index contributed by atoms with van der Waals surface area (Å²) in [5.74, 6) is 1.03. The van der Waals surface area contributed by atoms with Crippen LogP contribution in [0.4, 0.5) is 0 Å². The van der Waals surface area contributed by atoms with Crippen molar-refractivity contribution >= 4 is 18.7 Å². The fraction of sp³-hybridized carbons (Fsp3) is 0.900. The summed E-state index contributed by atoms with van der Waals surface area (Å²) < 4.78 is 2.86. The molecular formula is C10H20N2S. The first-order chi connectivity index (χ1) is 5.89. The average molecular weight is 200 g/mol. The summed E-state index contributed by atoms with van der Waals surface area (Å²) in [6.45, 7) is 10.1. The van der Waals surface area contributed by atoms with E-state index < -0.39 is 0 Å². The molecule has 1 aliphatic heterocycles. The molecule has 0 atom stereocenters. The van der Waals surface area contributed by atoms with Crippen molar-refractivity contribution < 1.29 is 0 Å².